The van der Waals surface area contributed by atoms with Crippen LogP contribution in [0.15, 0.2) is 48.7 Å². The molecule has 0 aliphatic rings. The second-order valence-corrected chi connectivity index (χ2v) is 5.89. The summed E-state index contributed by atoms with van der Waals surface area (Å²) in [5.41, 5.74) is 1.51. The molecule has 0 fully saturated rings. The Labute approximate surface area is 147 Å². The van der Waals surface area contributed by atoms with E-state index >= 15 is 0 Å². The Morgan fingerprint density at radius 2 is 1.43 bits per heavy atom. The molecule has 0 unspecified atom stereocenters. The minimum absolute atomic E-state index is 0.352. The van der Waals surface area contributed by atoms with E-state index in [4.69, 9.17) is 34.8 Å². The Hall–Kier alpha value is -2.08. The van der Waals surface area contributed by atoms with Crippen molar-refractivity contribution in [3.05, 3.63) is 63.7 Å². The van der Waals surface area contributed by atoms with Gasteiger partial charge in [-0.05, 0) is 42.5 Å². The quantitative estimate of drug-likeness (QED) is 0.654. The fourth-order valence-electron chi connectivity index (χ4n) is 1.85. The highest BCUT2D eigenvalue weighted by Gasteiger charge is 2.04. The van der Waals surface area contributed by atoms with Gasteiger partial charge in [0.25, 0.3) is 0 Å². The number of nitrogens with zero attached hydrogens (tertiary/aromatic N) is 3. The molecule has 0 aliphatic heterocycles. The SMILES string of the molecule is Clc1ccc(Nc2nncc(Nc3cc(Cl)cc(Cl)c3)n2)cc1. The summed E-state index contributed by atoms with van der Waals surface area (Å²) >= 11 is 17.8. The zero-order valence-corrected chi connectivity index (χ0v) is 13.9. The standard InChI is InChI=1S/C15H10Cl3N5/c16-9-1-3-12(4-2-9)21-15-22-14(8-19-23-15)20-13-6-10(17)5-11(18)7-13/h1-8H,(H2,20,21,22,23). The van der Waals surface area contributed by atoms with E-state index < -0.39 is 0 Å². The van der Waals surface area contributed by atoms with Crippen LogP contribution in [0.3, 0.4) is 0 Å². The summed E-state index contributed by atoms with van der Waals surface area (Å²) in [6.07, 6.45) is 1.50. The molecule has 3 aromatic rings. The summed E-state index contributed by atoms with van der Waals surface area (Å²) in [7, 11) is 0. The Morgan fingerprint density at radius 1 is 0.739 bits per heavy atom. The lowest BCUT2D eigenvalue weighted by molar-refractivity contribution is 0.982. The maximum atomic E-state index is 5.97. The van der Waals surface area contributed by atoms with Crippen molar-refractivity contribution in [3.8, 4) is 0 Å². The van der Waals surface area contributed by atoms with E-state index in [1.165, 1.54) is 6.20 Å². The molecule has 1 aromatic heterocycles. The topological polar surface area (TPSA) is 62.7 Å². The molecule has 2 aromatic carbocycles. The fraction of sp³-hybridized carbons (Fsp3) is 0. The molecule has 3 rings (SSSR count). The second-order valence-electron chi connectivity index (χ2n) is 4.58. The molecule has 0 saturated heterocycles. The number of benzene rings is 2. The highest BCUT2D eigenvalue weighted by molar-refractivity contribution is 6.35. The number of rotatable bonds is 4. The number of anilines is 4. The van der Waals surface area contributed by atoms with Crippen LogP contribution in [0.2, 0.25) is 15.1 Å². The number of hydrogen-bond donors (Lipinski definition) is 2. The predicted octanol–water partition coefficient (Wildman–Crippen LogP) is 5.32. The van der Waals surface area contributed by atoms with Crippen molar-refractivity contribution in [1.82, 2.24) is 15.2 Å². The van der Waals surface area contributed by atoms with E-state index in [0.29, 0.717) is 32.5 Å². The van der Waals surface area contributed by atoms with Crippen molar-refractivity contribution in [3.63, 3.8) is 0 Å². The molecule has 0 radical (unpaired) electrons. The molecule has 8 heteroatoms. The van der Waals surface area contributed by atoms with Crippen LogP contribution in [-0.4, -0.2) is 15.2 Å². The first kappa shape index (κ1) is 15.8. The van der Waals surface area contributed by atoms with Crippen LogP contribution in [0.1, 0.15) is 0 Å². The number of aromatic nitrogens is 3. The van der Waals surface area contributed by atoms with Crippen LogP contribution in [0.5, 0.6) is 0 Å². The molecule has 5 nitrogen and oxygen atoms in total. The van der Waals surface area contributed by atoms with Crippen LogP contribution in [0.4, 0.5) is 23.1 Å². The zero-order valence-electron chi connectivity index (χ0n) is 11.6. The maximum Gasteiger partial charge on any atom is 0.249 e. The normalized spacial score (nSPS) is 10.4. The van der Waals surface area contributed by atoms with Gasteiger partial charge < -0.3 is 10.6 Å². The summed E-state index contributed by atoms with van der Waals surface area (Å²) in [6, 6.07) is 12.3. The lowest BCUT2D eigenvalue weighted by Crippen LogP contribution is -2.02. The first-order chi connectivity index (χ1) is 11.1. The van der Waals surface area contributed by atoms with Gasteiger partial charge in [-0.1, -0.05) is 34.8 Å². The molecule has 1 heterocycles. The molecular formula is C15H10Cl3N5. The molecule has 0 amide bonds. The predicted molar refractivity (Wildman–Crippen MR) is 94.3 cm³/mol. The minimum atomic E-state index is 0.352. The van der Waals surface area contributed by atoms with Crippen LogP contribution in [0, 0.1) is 0 Å². The van der Waals surface area contributed by atoms with Crippen molar-refractivity contribution in [2.75, 3.05) is 10.6 Å². The van der Waals surface area contributed by atoms with Crippen molar-refractivity contribution >= 4 is 57.9 Å². The summed E-state index contributed by atoms with van der Waals surface area (Å²) in [5.74, 6) is 0.861. The summed E-state index contributed by atoms with van der Waals surface area (Å²) in [5, 5.41) is 15.7. The molecule has 116 valence electrons. The van der Waals surface area contributed by atoms with E-state index in [0.717, 1.165) is 5.69 Å². The van der Waals surface area contributed by atoms with Gasteiger partial charge in [0.2, 0.25) is 5.95 Å². The highest BCUT2D eigenvalue weighted by atomic mass is 35.5. The van der Waals surface area contributed by atoms with E-state index in [1.54, 1.807) is 30.3 Å². The molecule has 2 N–H and O–H groups in total. The monoisotopic (exact) mass is 365 g/mol. The first-order valence-corrected chi connectivity index (χ1v) is 7.67. The lowest BCUT2D eigenvalue weighted by Gasteiger charge is -2.08. The van der Waals surface area contributed by atoms with Crippen molar-refractivity contribution in [1.29, 1.82) is 0 Å². The van der Waals surface area contributed by atoms with Gasteiger partial charge >= 0.3 is 0 Å². The Bertz CT molecular complexity index is 803. The summed E-state index contributed by atoms with van der Waals surface area (Å²) < 4.78 is 0. The Morgan fingerprint density at radius 3 is 2.13 bits per heavy atom. The third-order valence-corrected chi connectivity index (χ3v) is 3.48. The maximum absolute atomic E-state index is 5.97. The van der Waals surface area contributed by atoms with Gasteiger partial charge in [0.05, 0.1) is 6.20 Å². The van der Waals surface area contributed by atoms with Gasteiger partial charge in [0, 0.05) is 26.4 Å². The number of nitrogens with one attached hydrogen (secondary N) is 2. The van der Waals surface area contributed by atoms with E-state index in [9.17, 15) is 0 Å². The van der Waals surface area contributed by atoms with Gasteiger partial charge in [-0.15, -0.1) is 5.10 Å². The Balaban J connectivity index is 1.78. The zero-order chi connectivity index (χ0) is 16.2. The van der Waals surface area contributed by atoms with Crippen LogP contribution < -0.4 is 10.6 Å². The van der Waals surface area contributed by atoms with Crippen molar-refractivity contribution in [2.45, 2.75) is 0 Å². The molecule has 0 aliphatic carbocycles. The Kier molecular flexibility index (Phi) is 4.81. The average molecular weight is 367 g/mol. The van der Waals surface area contributed by atoms with E-state index in [1.807, 2.05) is 12.1 Å². The third-order valence-electron chi connectivity index (χ3n) is 2.79. The van der Waals surface area contributed by atoms with Gasteiger partial charge in [-0.2, -0.15) is 10.1 Å². The number of hydrogen-bond acceptors (Lipinski definition) is 5. The fourth-order valence-corrected chi connectivity index (χ4v) is 2.50. The molecule has 0 atom stereocenters. The summed E-state index contributed by atoms with van der Waals surface area (Å²) in [6.45, 7) is 0. The average Bonchev–Trinajstić information content (AvgIpc) is 2.49. The molecule has 0 saturated carbocycles. The van der Waals surface area contributed by atoms with Crippen LogP contribution in [0.25, 0.3) is 0 Å². The van der Waals surface area contributed by atoms with Crippen molar-refractivity contribution in [2.24, 2.45) is 0 Å². The molecule has 0 bridgehead atoms. The minimum Gasteiger partial charge on any atom is -0.339 e. The van der Waals surface area contributed by atoms with Gasteiger partial charge in [-0.3, -0.25) is 0 Å². The van der Waals surface area contributed by atoms with Gasteiger partial charge in [-0.25, -0.2) is 0 Å². The third kappa shape index (κ3) is 4.45. The van der Waals surface area contributed by atoms with Gasteiger partial charge in [0.15, 0.2) is 5.82 Å². The molecule has 23 heavy (non-hydrogen) atoms. The van der Waals surface area contributed by atoms with Crippen molar-refractivity contribution < 1.29 is 0 Å². The van der Waals surface area contributed by atoms with E-state index in [2.05, 4.69) is 25.8 Å². The smallest absolute Gasteiger partial charge is 0.249 e. The highest BCUT2D eigenvalue weighted by Crippen LogP contribution is 2.25. The molecule has 0 spiro atoms. The summed E-state index contributed by atoms with van der Waals surface area (Å²) in [4.78, 5) is 4.33. The first-order valence-electron chi connectivity index (χ1n) is 6.54. The van der Waals surface area contributed by atoms with Gasteiger partial charge in [0.1, 0.15) is 0 Å². The van der Waals surface area contributed by atoms with Crippen LogP contribution >= 0.6 is 34.8 Å². The lowest BCUT2D eigenvalue weighted by atomic mass is 10.3. The van der Waals surface area contributed by atoms with Crippen LogP contribution in [-0.2, 0) is 0 Å². The largest absolute Gasteiger partial charge is 0.339 e. The molecular weight excluding hydrogens is 357 g/mol. The number of halogens is 3. The second kappa shape index (κ2) is 7.00. The van der Waals surface area contributed by atoms with E-state index in [-0.39, 0.29) is 0 Å².